The van der Waals surface area contributed by atoms with E-state index in [1.165, 1.54) is 30.5 Å². The SMILES string of the molecule is CCC(CC)(CN)C(=O)Nc1ccc(Oc2ccc(F)cc2)nc1.Cl.Cl. The fraction of sp³-hybridized carbons (Fsp3) is 0.333. The molecule has 5 nitrogen and oxygen atoms in total. The van der Waals surface area contributed by atoms with Crippen LogP contribution in [0.4, 0.5) is 10.1 Å². The number of hydrogen-bond donors (Lipinski definition) is 2. The molecule has 1 aromatic carbocycles. The van der Waals surface area contributed by atoms with Crippen LogP contribution >= 0.6 is 24.8 Å². The van der Waals surface area contributed by atoms with Gasteiger partial charge in [0, 0.05) is 12.6 Å². The second kappa shape index (κ2) is 11.0. The van der Waals surface area contributed by atoms with Crippen LogP contribution in [0.15, 0.2) is 42.6 Å². The molecule has 0 saturated carbocycles. The molecule has 0 fully saturated rings. The molecule has 0 unspecified atom stereocenters. The molecule has 0 aliphatic carbocycles. The fourth-order valence-corrected chi connectivity index (χ4v) is 2.35. The van der Waals surface area contributed by atoms with Gasteiger partial charge in [-0.1, -0.05) is 13.8 Å². The molecule has 0 radical (unpaired) electrons. The molecule has 0 spiro atoms. The van der Waals surface area contributed by atoms with Gasteiger partial charge in [-0.2, -0.15) is 0 Å². The van der Waals surface area contributed by atoms with Crippen LogP contribution in [0.3, 0.4) is 0 Å². The second-order valence-electron chi connectivity index (χ2n) is 5.59. The molecule has 1 heterocycles. The normalized spacial score (nSPS) is 10.3. The van der Waals surface area contributed by atoms with Crippen LogP contribution in [0, 0.1) is 11.2 Å². The van der Waals surface area contributed by atoms with Crippen molar-refractivity contribution in [3.8, 4) is 11.6 Å². The third-order valence-corrected chi connectivity index (χ3v) is 4.26. The van der Waals surface area contributed by atoms with Gasteiger partial charge in [-0.3, -0.25) is 4.79 Å². The molecular formula is C18H24Cl2FN3O2. The molecule has 0 aliphatic rings. The number of carbonyl (C=O) groups excluding carboxylic acids is 1. The lowest BCUT2D eigenvalue weighted by atomic mass is 9.81. The van der Waals surface area contributed by atoms with E-state index >= 15 is 0 Å². The van der Waals surface area contributed by atoms with Crippen LogP contribution in [-0.4, -0.2) is 17.4 Å². The zero-order chi connectivity index (χ0) is 17.6. The summed E-state index contributed by atoms with van der Waals surface area (Å²) in [6.07, 6.45) is 2.86. The number of nitrogens with one attached hydrogen (secondary N) is 1. The Morgan fingerprint density at radius 3 is 2.23 bits per heavy atom. The van der Waals surface area contributed by atoms with Gasteiger partial charge in [-0.15, -0.1) is 24.8 Å². The Kier molecular flexibility index (Phi) is 10.2. The summed E-state index contributed by atoms with van der Waals surface area (Å²) in [4.78, 5) is 16.6. The Bertz CT molecular complexity index is 670. The molecule has 0 bridgehead atoms. The maximum absolute atomic E-state index is 12.9. The van der Waals surface area contributed by atoms with Gasteiger partial charge in [-0.05, 0) is 43.2 Å². The summed E-state index contributed by atoms with van der Waals surface area (Å²) in [5.74, 6) is 0.406. The van der Waals surface area contributed by atoms with E-state index in [0.717, 1.165) is 0 Å². The minimum absolute atomic E-state index is 0. The Hall–Kier alpha value is -1.89. The number of aromatic nitrogens is 1. The molecule has 0 atom stereocenters. The topological polar surface area (TPSA) is 77.2 Å². The first-order valence-electron chi connectivity index (χ1n) is 7.94. The Balaban J connectivity index is 0.00000312. The van der Waals surface area contributed by atoms with E-state index in [2.05, 4.69) is 10.3 Å². The highest BCUT2D eigenvalue weighted by molar-refractivity contribution is 5.95. The molecule has 0 saturated heterocycles. The summed E-state index contributed by atoms with van der Waals surface area (Å²) < 4.78 is 18.4. The Morgan fingerprint density at radius 2 is 1.77 bits per heavy atom. The van der Waals surface area contributed by atoms with E-state index in [1.54, 1.807) is 12.1 Å². The number of amides is 1. The second-order valence-corrected chi connectivity index (χ2v) is 5.59. The van der Waals surface area contributed by atoms with Gasteiger partial charge in [0.1, 0.15) is 11.6 Å². The molecule has 3 N–H and O–H groups in total. The number of carbonyl (C=O) groups is 1. The van der Waals surface area contributed by atoms with Gasteiger partial charge < -0.3 is 15.8 Å². The lowest BCUT2D eigenvalue weighted by Crippen LogP contribution is -2.41. The van der Waals surface area contributed by atoms with Crippen molar-refractivity contribution in [2.75, 3.05) is 11.9 Å². The predicted octanol–water partition coefficient (Wildman–Crippen LogP) is 4.56. The van der Waals surface area contributed by atoms with Crippen molar-refractivity contribution in [2.45, 2.75) is 26.7 Å². The number of anilines is 1. The van der Waals surface area contributed by atoms with E-state index in [0.29, 0.717) is 36.7 Å². The highest BCUT2D eigenvalue weighted by Gasteiger charge is 2.33. The van der Waals surface area contributed by atoms with E-state index in [4.69, 9.17) is 10.5 Å². The van der Waals surface area contributed by atoms with Crippen LogP contribution in [0.2, 0.25) is 0 Å². The van der Waals surface area contributed by atoms with Crippen molar-refractivity contribution >= 4 is 36.4 Å². The van der Waals surface area contributed by atoms with Crippen molar-refractivity contribution in [1.29, 1.82) is 0 Å². The summed E-state index contributed by atoms with van der Waals surface area (Å²) in [6.45, 7) is 4.20. The number of halogens is 3. The van der Waals surface area contributed by atoms with Crippen LogP contribution in [0.25, 0.3) is 0 Å². The predicted molar refractivity (Wildman–Crippen MR) is 106 cm³/mol. The first kappa shape index (κ1) is 24.1. The molecule has 26 heavy (non-hydrogen) atoms. The first-order chi connectivity index (χ1) is 11.5. The average Bonchev–Trinajstić information content (AvgIpc) is 2.61. The van der Waals surface area contributed by atoms with Crippen molar-refractivity contribution in [3.05, 3.63) is 48.4 Å². The fourth-order valence-electron chi connectivity index (χ4n) is 2.35. The Labute approximate surface area is 165 Å². The smallest absolute Gasteiger partial charge is 0.231 e. The maximum Gasteiger partial charge on any atom is 0.231 e. The van der Waals surface area contributed by atoms with Crippen LogP contribution in [0.5, 0.6) is 11.6 Å². The number of nitrogens with two attached hydrogens (primary N) is 1. The van der Waals surface area contributed by atoms with Gasteiger partial charge in [0.2, 0.25) is 11.8 Å². The Morgan fingerprint density at radius 1 is 1.15 bits per heavy atom. The summed E-state index contributed by atoms with van der Waals surface area (Å²) in [7, 11) is 0. The number of hydrogen-bond acceptors (Lipinski definition) is 4. The van der Waals surface area contributed by atoms with Crippen molar-refractivity contribution in [1.82, 2.24) is 4.98 Å². The first-order valence-corrected chi connectivity index (χ1v) is 7.94. The summed E-state index contributed by atoms with van der Waals surface area (Å²) >= 11 is 0. The largest absolute Gasteiger partial charge is 0.439 e. The summed E-state index contributed by atoms with van der Waals surface area (Å²) in [5.41, 5.74) is 5.79. The molecule has 8 heteroatoms. The van der Waals surface area contributed by atoms with Crippen LogP contribution in [-0.2, 0) is 4.79 Å². The number of benzene rings is 1. The lowest BCUT2D eigenvalue weighted by molar-refractivity contribution is -0.125. The van der Waals surface area contributed by atoms with Crippen LogP contribution < -0.4 is 15.8 Å². The standard InChI is InChI=1S/C18H22FN3O2.2ClH/c1-3-18(4-2,12-20)17(23)22-14-7-10-16(21-11-14)24-15-8-5-13(19)6-9-15;;/h5-11H,3-4,12,20H2,1-2H3,(H,22,23);2*1H. The summed E-state index contributed by atoms with van der Waals surface area (Å²) in [6, 6.07) is 9.00. The van der Waals surface area contributed by atoms with Gasteiger partial charge in [0.05, 0.1) is 17.3 Å². The summed E-state index contributed by atoms with van der Waals surface area (Å²) in [5, 5.41) is 2.85. The zero-order valence-corrected chi connectivity index (χ0v) is 16.3. The van der Waals surface area contributed by atoms with E-state index in [1.807, 2.05) is 13.8 Å². The molecule has 2 rings (SSSR count). The van der Waals surface area contributed by atoms with Gasteiger partial charge in [0.25, 0.3) is 0 Å². The van der Waals surface area contributed by atoms with Gasteiger partial charge in [0.15, 0.2) is 0 Å². The minimum Gasteiger partial charge on any atom is -0.439 e. The van der Waals surface area contributed by atoms with E-state index in [-0.39, 0.29) is 36.5 Å². The highest BCUT2D eigenvalue weighted by atomic mass is 35.5. The molecule has 0 aliphatic heterocycles. The van der Waals surface area contributed by atoms with Crippen molar-refractivity contribution in [2.24, 2.45) is 11.1 Å². The molecule has 144 valence electrons. The average molecular weight is 404 g/mol. The molecular weight excluding hydrogens is 380 g/mol. The molecule has 2 aromatic rings. The van der Waals surface area contributed by atoms with Gasteiger partial charge in [-0.25, -0.2) is 9.37 Å². The quantitative estimate of drug-likeness (QED) is 0.709. The van der Waals surface area contributed by atoms with Crippen molar-refractivity contribution < 1.29 is 13.9 Å². The minimum atomic E-state index is -0.566. The zero-order valence-electron chi connectivity index (χ0n) is 14.7. The number of pyridine rings is 1. The maximum atomic E-state index is 12.9. The lowest BCUT2D eigenvalue weighted by Gasteiger charge is -2.28. The van der Waals surface area contributed by atoms with Crippen LogP contribution in [0.1, 0.15) is 26.7 Å². The molecule has 1 amide bonds. The third kappa shape index (κ3) is 5.83. The molecule has 1 aromatic heterocycles. The number of nitrogens with zero attached hydrogens (tertiary/aromatic N) is 1. The monoisotopic (exact) mass is 403 g/mol. The van der Waals surface area contributed by atoms with Crippen molar-refractivity contribution in [3.63, 3.8) is 0 Å². The van der Waals surface area contributed by atoms with Gasteiger partial charge >= 0.3 is 0 Å². The third-order valence-electron chi connectivity index (χ3n) is 4.26. The van der Waals surface area contributed by atoms with E-state index in [9.17, 15) is 9.18 Å². The number of rotatable bonds is 7. The highest BCUT2D eigenvalue weighted by Crippen LogP contribution is 2.27. The van der Waals surface area contributed by atoms with E-state index < -0.39 is 5.41 Å². The number of ether oxygens (including phenoxy) is 1.